The van der Waals surface area contributed by atoms with Gasteiger partial charge in [-0.2, -0.15) is 6.92 Å². The second-order valence-corrected chi connectivity index (χ2v) is 2.59. The molecule has 0 saturated heterocycles. The molecule has 0 atom stereocenters. The molecule has 0 aliphatic carbocycles. The molecule has 15 heavy (non-hydrogen) atoms. The van der Waals surface area contributed by atoms with Crippen molar-refractivity contribution in [2.24, 2.45) is 0 Å². The molecule has 1 aromatic carbocycles. The number of nitro benzene ring substituents is 1. The molecule has 0 bridgehead atoms. The van der Waals surface area contributed by atoms with Crippen LogP contribution in [0.4, 0.5) is 5.69 Å². The molecule has 1 aromatic rings. The molecule has 0 aliphatic heterocycles. The Kier molecular flexibility index (Phi) is 5.21. The molecule has 1 rings (SSSR count). The third-order valence-electron chi connectivity index (χ3n) is 1.78. The van der Waals surface area contributed by atoms with Gasteiger partial charge in [0.25, 0.3) is 0 Å². The van der Waals surface area contributed by atoms with E-state index in [2.05, 4.69) is 6.92 Å². The van der Waals surface area contributed by atoms with Crippen LogP contribution in [-0.4, -0.2) is 19.1 Å². The first-order chi connectivity index (χ1) is 6.60. The summed E-state index contributed by atoms with van der Waals surface area (Å²) in [7, 11) is 2.88. The van der Waals surface area contributed by atoms with E-state index in [1.807, 2.05) is 0 Å². The summed E-state index contributed by atoms with van der Waals surface area (Å²) in [6.07, 6.45) is 0. The van der Waals surface area contributed by atoms with Crippen molar-refractivity contribution in [3.63, 3.8) is 0 Å². The predicted molar refractivity (Wildman–Crippen MR) is 50.7 cm³/mol. The molecular weight excluding hydrogens is 383 g/mol. The molecule has 0 spiro atoms. The molecule has 0 unspecified atom stereocenters. The maximum absolute atomic E-state index is 10.6. The van der Waals surface area contributed by atoms with E-state index in [0.717, 1.165) is 0 Å². The number of benzene rings is 1. The Morgan fingerprint density at radius 3 is 2.13 bits per heavy atom. The smallest absolute Gasteiger partial charge is 0.506 e. The van der Waals surface area contributed by atoms with Crippen molar-refractivity contribution in [3.8, 4) is 11.5 Å². The normalized spacial score (nSPS) is 8.93. The zero-order valence-corrected chi connectivity index (χ0v) is 10.4. The predicted octanol–water partition coefficient (Wildman–Crippen LogP) is 1.79. The first kappa shape index (κ1) is 13.8. The van der Waals surface area contributed by atoms with Gasteiger partial charge in [0, 0.05) is 11.0 Å². The van der Waals surface area contributed by atoms with Crippen molar-refractivity contribution < 1.29 is 36.8 Å². The number of nitro groups is 1. The summed E-state index contributed by atoms with van der Waals surface area (Å²) in [4.78, 5) is 10.0. The third kappa shape index (κ3) is 2.89. The minimum atomic E-state index is -0.510. The van der Waals surface area contributed by atoms with Crippen LogP contribution in [-0.2, 0) is 22.4 Å². The first-order valence-corrected chi connectivity index (χ1v) is 3.82. The number of methoxy groups -OCH3 is 2. The summed E-state index contributed by atoms with van der Waals surface area (Å²) >= 11 is 0. The summed E-state index contributed by atoms with van der Waals surface area (Å²) < 4.78 is 9.89. The minimum absolute atomic E-state index is 0. The Labute approximate surface area is 103 Å². The third-order valence-corrected chi connectivity index (χ3v) is 1.78. The van der Waals surface area contributed by atoms with Crippen LogP contribution in [0.1, 0.15) is 5.56 Å². The monoisotopic (exact) mass is 393 g/mol. The molecule has 0 amide bonds. The van der Waals surface area contributed by atoms with E-state index >= 15 is 0 Å². The van der Waals surface area contributed by atoms with Crippen molar-refractivity contribution in [2.75, 3.05) is 14.2 Å². The van der Waals surface area contributed by atoms with Crippen LogP contribution in [0, 0.1) is 17.0 Å². The van der Waals surface area contributed by atoms with E-state index in [1.54, 1.807) is 0 Å². The number of hydrogen-bond acceptors (Lipinski definition) is 4. The van der Waals surface area contributed by atoms with Gasteiger partial charge in [0.2, 0.25) is 0 Å². The average molecular weight is 393 g/mol. The molecule has 0 saturated carbocycles. The Bertz CT molecular complexity index is 367. The van der Waals surface area contributed by atoms with E-state index in [4.69, 9.17) is 9.47 Å². The number of rotatable bonds is 3. The van der Waals surface area contributed by atoms with Crippen LogP contribution < -0.4 is 9.47 Å². The van der Waals surface area contributed by atoms with E-state index in [9.17, 15) is 10.1 Å². The van der Waals surface area contributed by atoms with Gasteiger partial charge in [-0.05, 0) is 0 Å². The van der Waals surface area contributed by atoms with Crippen LogP contribution in [0.15, 0.2) is 12.1 Å². The van der Waals surface area contributed by atoms with E-state index in [-0.39, 0.29) is 28.1 Å². The molecule has 6 heteroatoms. The quantitative estimate of drug-likeness (QED) is 0.340. The summed E-state index contributed by atoms with van der Waals surface area (Å²) in [5.74, 6) is 0.759. The molecule has 86 valence electrons. The van der Waals surface area contributed by atoms with Crippen molar-refractivity contribution in [2.45, 2.75) is 0 Å². The molecule has 0 heterocycles. The van der Waals surface area contributed by atoms with Gasteiger partial charge >= 0.3 is 22.4 Å². The van der Waals surface area contributed by atoms with E-state index in [0.29, 0.717) is 17.1 Å². The fourth-order valence-electron chi connectivity index (χ4n) is 1.08. The van der Waals surface area contributed by atoms with Gasteiger partial charge in [-0.25, -0.2) is 0 Å². The standard InChI is InChI=1S/C9H10NO4.Au/c1-6-4-8(13-2)9(14-3)5-7(6)10(11)12;/h4-5H,1H2,2-3H3;/q-1;+1. The zero-order valence-electron chi connectivity index (χ0n) is 8.24. The van der Waals surface area contributed by atoms with Gasteiger partial charge in [-0.3, -0.25) is 10.1 Å². The fraction of sp³-hybridized carbons (Fsp3) is 0.222. The second-order valence-electron chi connectivity index (χ2n) is 2.59. The Hall–Kier alpha value is -1.17. The molecule has 0 fully saturated rings. The van der Waals surface area contributed by atoms with Crippen molar-refractivity contribution in [1.29, 1.82) is 0 Å². The van der Waals surface area contributed by atoms with Gasteiger partial charge in [0.1, 0.15) is 11.5 Å². The SMILES string of the molecule is [Au+].[CH2-]c1cc(OC)c(OC)cc1[N+](=O)[O-]. The van der Waals surface area contributed by atoms with Gasteiger partial charge in [0.05, 0.1) is 14.2 Å². The number of ether oxygens (including phenoxy) is 2. The van der Waals surface area contributed by atoms with Crippen molar-refractivity contribution in [1.82, 2.24) is 0 Å². The van der Waals surface area contributed by atoms with Gasteiger partial charge in [-0.15, -0.1) is 11.6 Å². The average Bonchev–Trinajstić information content (AvgIpc) is 2.16. The minimum Gasteiger partial charge on any atom is -0.506 e. The van der Waals surface area contributed by atoms with Crippen molar-refractivity contribution in [3.05, 3.63) is 34.7 Å². The van der Waals surface area contributed by atoms with Crippen LogP contribution >= 0.6 is 0 Å². The Balaban J connectivity index is 0.00000196. The van der Waals surface area contributed by atoms with Crippen LogP contribution in [0.2, 0.25) is 0 Å². The van der Waals surface area contributed by atoms with Crippen LogP contribution in [0.25, 0.3) is 0 Å². The molecule has 0 N–H and O–H groups in total. The molecule has 0 radical (unpaired) electrons. The summed E-state index contributed by atoms with van der Waals surface area (Å²) in [5, 5.41) is 10.6. The van der Waals surface area contributed by atoms with E-state index < -0.39 is 4.92 Å². The van der Waals surface area contributed by atoms with Crippen LogP contribution in [0.3, 0.4) is 0 Å². The molecule has 0 aromatic heterocycles. The zero-order chi connectivity index (χ0) is 10.7. The number of nitrogens with zero attached hydrogens (tertiary/aromatic N) is 1. The molecule has 5 nitrogen and oxygen atoms in total. The topological polar surface area (TPSA) is 61.6 Å². The Morgan fingerprint density at radius 1 is 1.27 bits per heavy atom. The fourth-order valence-corrected chi connectivity index (χ4v) is 1.08. The first-order valence-electron chi connectivity index (χ1n) is 3.82. The largest absolute Gasteiger partial charge is 1.00 e. The summed E-state index contributed by atoms with van der Waals surface area (Å²) in [5.41, 5.74) is 0.218. The van der Waals surface area contributed by atoms with E-state index in [1.165, 1.54) is 26.4 Å². The second kappa shape index (κ2) is 5.65. The Morgan fingerprint density at radius 2 is 1.73 bits per heavy atom. The maximum Gasteiger partial charge on any atom is 1.00 e. The van der Waals surface area contributed by atoms with Gasteiger partial charge in [-0.1, -0.05) is 0 Å². The van der Waals surface area contributed by atoms with Gasteiger partial charge in [0.15, 0.2) is 5.69 Å². The van der Waals surface area contributed by atoms with Crippen molar-refractivity contribution >= 4 is 5.69 Å². The molecule has 0 aliphatic rings. The summed E-state index contributed by atoms with van der Waals surface area (Å²) in [6.45, 7) is 3.55. The summed E-state index contributed by atoms with van der Waals surface area (Å²) in [6, 6.07) is 2.76. The van der Waals surface area contributed by atoms with Gasteiger partial charge < -0.3 is 9.47 Å². The molecular formula is C9H10AuNO4. The van der Waals surface area contributed by atoms with Crippen LogP contribution in [0.5, 0.6) is 11.5 Å². The maximum atomic E-state index is 10.6. The number of hydrogen-bond donors (Lipinski definition) is 0.